The Morgan fingerprint density at radius 2 is 1.66 bits per heavy atom. The van der Waals surface area contributed by atoms with Gasteiger partial charge in [0.15, 0.2) is 5.16 Å². The third kappa shape index (κ3) is 5.66. The molecule has 8 heteroatoms. The molecule has 180 valence electrons. The molecule has 4 rings (SSSR count). The van der Waals surface area contributed by atoms with Crippen molar-refractivity contribution >= 4 is 40.3 Å². The molecule has 2 amide bonds. The number of para-hydroxylation sites is 2. The number of imidazole rings is 1. The highest BCUT2D eigenvalue weighted by molar-refractivity contribution is 7.99. The van der Waals surface area contributed by atoms with Gasteiger partial charge in [0.05, 0.1) is 30.4 Å². The molecular weight excluding hydrogens is 460 g/mol. The van der Waals surface area contributed by atoms with Gasteiger partial charge in [-0.2, -0.15) is 0 Å². The van der Waals surface area contributed by atoms with E-state index in [0.29, 0.717) is 5.16 Å². The van der Waals surface area contributed by atoms with E-state index in [1.807, 2.05) is 86.0 Å². The van der Waals surface area contributed by atoms with Crippen LogP contribution in [0.15, 0.2) is 65.8 Å². The first-order valence-electron chi connectivity index (χ1n) is 11.2. The Balaban J connectivity index is 1.41. The monoisotopic (exact) mass is 488 g/mol. The fraction of sp³-hybridized carbons (Fsp3) is 0.222. The van der Waals surface area contributed by atoms with Gasteiger partial charge in [-0.3, -0.25) is 14.2 Å². The van der Waals surface area contributed by atoms with Crippen LogP contribution in [0.2, 0.25) is 0 Å². The Morgan fingerprint density at radius 1 is 0.971 bits per heavy atom. The number of nitrogens with one attached hydrogen (secondary N) is 2. The lowest BCUT2D eigenvalue weighted by Crippen LogP contribution is -2.34. The van der Waals surface area contributed by atoms with Gasteiger partial charge in [0, 0.05) is 11.4 Å². The number of hydrogen-bond acceptors (Lipinski definition) is 5. The summed E-state index contributed by atoms with van der Waals surface area (Å²) in [6, 6.07) is 19.6. The predicted octanol–water partition coefficient (Wildman–Crippen LogP) is 4.81. The molecule has 0 aliphatic rings. The van der Waals surface area contributed by atoms with Crippen LogP contribution < -0.4 is 15.4 Å². The van der Waals surface area contributed by atoms with Gasteiger partial charge >= 0.3 is 0 Å². The minimum Gasteiger partial charge on any atom is -0.497 e. The zero-order chi connectivity index (χ0) is 24.9. The summed E-state index contributed by atoms with van der Waals surface area (Å²) in [6.45, 7) is 5.84. The number of aryl methyl sites for hydroxylation is 3. The van der Waals surface area contributed by atoms with Crippen LogP contribution >= 0.6 is 11.8 Å². The van der Waals surface area contributed by atoms with Crippen molar-refractivity contribution in [2.24, 2.45) is 0 Å². The van der Waals surface area contributed by atoms with E-state index < -0.39 is 0 Å². The van der Waals surface area contributed by atoms with Crippen molar-refractivity contribution in [2.75, 3.05) is 24.7 Å². The number of hydrogen-bond donors (Lipinski definition) is 2. The number of amides is 2. The molecule has 0 aliphatic heterocycles. The maximum atomic E-state index is 12.5. The molecule has 0 saturated heterocycles. The first kappa shape index (κ1) is 24.3. The number of carbonyl (C=O) groups excluding carboxylic acids is 2. The molecule has 7 nitrogen and oxygen atoms in total. The number of thioether (sulfide) groups is 1. The van der Waals surface area contributed by atoms with Crippen LogP contribution in [0.3, 0.4) is 0 Å². The summed E-state index contributed by atoms with van der Waals surface area (Å²) in [5.74, 6) is 0.399. The third-order valence-corrected chi connectivity index (χ3v) is 6.52. The normalized spacial score (nSPS) is 10.9. The molecule has 0 unspecified atom stereocenters. The van der Waals surface area contributed by atoms with Crippen molar-refractivity contribution in [2.45, 2.75) is 25.9 Å². The van der Waals surface area contributed by atoms with Crippen LogP contribution in [0.5, 0.6) is 5.75 Å². The zero-order valence-corrected chi connectivity index (χ0v) is 21.0. The fourth-order valence-electron chi connectivity index (χ4n) is 4.00. The molecule has 35 heavy (non-hydrogen) atoms. The predicted molar refractivity (Wildman–Crippen MR) is 141 cm³/mol. The van der Waals surface area contributed by atoms with Gasteiger partial charge in [-0.05, 0) is 68.3 Å². The molecule has 0 spiro atoms. The minimum absolute atomic E-state index is 0.0962. The number of anilines is 1. The van der Waals surface area contributed by atoms with Crippen LogP contribution in [-0.4, -0.2) is 40.8 Å². The van der Waals surface area contributed by atoms with Crippen molar-refractivity contribution in [3.63, 3.8) is 0 Å². The van der Waals surface area contributed by atoms with E-state index in [1.165, 1.54) is 11.8 Å². The van der Waals surface area contributed by atoms with E-state index in [4.69, 9.17) is 9.72 Å². The molecule has 4 aromatic rings. The highest BCUT2D eigenvalue weighted by Crippen LogP contribution is 2.29. The number of benzene rings is 3. The third-order valence-electron chi connectivity index (χ3n) is 5.58. The molecule has 1 heterocycles. The van der Waals surface area contributed by atoms with Gasteiger partial charge in [-0.15, -0.1) is 0 Å². The molecule has 0 aliphatic carbocycles. The summed E-state index contributed by atoms with van der Waals surface area (Å²) >= 11 is 1.32. The van der Waals surface area contributed by atoms with Gasteiger partial charge < -0.3 is 15.4 Å². The summed E-state index contributed by atoms with van der Waals surface area (Å²) in [7, 11) is 1.63. The van der Waals surface area contributed by atoms with Gasteiger partial charge in [0.25, 0.3) is 0 Å². The number of aromatic nitrogens is 2. The average molecular weight is 489 g/mol. The molecule has 0 radical (unpaired) electrons. The molecule has 3 aromatic carbocycles. The summed E-state index contributed by atoms with van der Waals surface area (Å²) in [6.07, 6.45) is 0. The van der Waals surface area contributed by atoms with Crippen LogP contribution in [0, 0.1) is 20.8 Å². The Morgan fingerprint density at radius 3 is 2.34 bits per heavy atom. The first-order valence-corrected chi connectivity index (χ1v) is 12.2. The number of ether oxygens (including phenoxy) is 1. The molecular formula is C27H28N4O3S. The lowest BCUT2D eigenvalue weighted by molar-refractivity contribution is -0.122. The molecule has 2 N–H and O–H groups in total. The van der Waals surface area contributed by atoms with E-state index in [2.05, 4.69) is 10.6 Å². The number of rotatable bonds is 8. The Kier molecular flexibility index (Phi) is 7.41. The average Bonchev–Trinajstić information content (AvgIpc) is 3.22. The molecule has 0 saturated carbocycles. The lowest BCUT2D eigenvalue weighted by atomic mass is 10.1. The van der Waals surface area contributed by atoms with E-state index in [0.717, 1.165) is 44.8 Å². The van der Waals surface area contributed by atoms with Gasteiger partial charge in [0.1, 0.15) is 5.75 Å². The second kappa shape index (κ2) is 10.7. The van der Waals surface area contributed by atoms with Crippen molar-refractivity contribution < 1.29 is 14.3 Å². The SMILES string of the molecule is COc1ccc(-n2c(SCC(=O)NCC(=O)Nc3c(C)cc(C)cc3C)nc3ccccc32)cc1. The number of carbonyl (C=O) groups is 2. The highest BCUT2D eigenvalue weighted by Gasteiger charge is 2.15. The smallest absolute Gasteiger partial charge is 0.243 e. The van der Waals surface area contributed by atoms with Crippen molar-refractivity contribution in [1.29, 1.82) is 0 Å². The van der Waals surface area contributed by atoms with E-state index in [1.54, 1.807) is 7.11 Å². The van der Waals surface area contributed by atoms with Crippen LogP contribution in [-0.2, 0) is 9.59 Å². The van der Waals surface area contributed by atoms with Crippen molar-refractivity contribution in [3.05, 3.63) is 77.4 Å². The maximum absolute atomic E-state index is 12.5. The highest BCUT2D eigenvalue weighted by atomic mass is 32.2. The van der Waals surface area contributed by atoms with Gasteiger partial charge in [-0.1, -0.05) is 41.6 Å². The summed E-state index contributed by atoms with van der Waals surface area (Å²) in [4.78, 5) is 29.7. The largest absolute Gasteiger partial charge is 0.497 e. The Bertz CT molecular complexity index is 1360. The van der Waals surface area contributed by atoms with Gasteiger partial charge in [-0.25, -0.2) is 4.98 Å². The van der Waals surface area contributed by atoms with Gasteiger partial charge in [0.2, 0.25) is 11.8 Å². The minimum atomic E-state index is -0.260. The summed E-state index contributed by atoms with van der Waals surface area (Å²) in [5, 5.41) is 6.31. The van der Waals surface area contributed by atoms with E-state index in [9.17, 15) is 9.59 Å². The Hall–Kier alpha value is -3.78. The van der Waals surface area contributed by atoms with Crippen molar-refractivity contribution in [1.82, 2.24) is 14.9 Å². The Labute approximate surface area is 208 Å². The maximum Gasteiger partial charge on any atom is 0.243 e. The molecule has 0 fully saturated rings. The summed E-state index contributed by atoms with van der Waals surface area (Å²) < 4.78 is 7.29. The zero-order valence-electron chi connectivity index (χ0n) is 20.2. The second-order valence-corrected chi connectivity index (χ2v) is 9.25. The molecule has 0 bridgehead atoms. The van der Waals surface area contributed by atoms with Crippen molar-refractivity contribution in [3.8, 4) is 11.4 Å². The quantitative estimate of drug-likeness (QED) is 0.348. The van der Waals surface area contributed by atoms with Crippen LogP contribution in [0.25, 0.3) is 16.7 Å². The molecule has 0 atom stereocenters. The first-order chi connectivity index (χ1) is 16.9. The van der Waals surface area contributed by atoms with Crippen LogP contribution in [0.4, 0.5) is 5.69 Å². The second-order valence-electron chi connectivity index (χ2n) is 8.30. The van der Waals surface area contributed by atoms with Crippen LogP contribution in [0.1, 0.15) is 16.7 Å². The van der Waals surface area contributed by atoms with E-state index in [-0.39, 0.29) is 24.1 Å². The number of nitrogens with zero attached hydrogens (tertiary/aromatic N) is 2. The number of fused-ring (bicyclic) bond motifs is 1. The lowest BCUT2D eigenvalue weighted by Gasteiger charge is -2.13. The summed E-state index contributed by atoms with van der Waals surface area (Å²) in [5.41, 5.74) is 6.63. The topological polar surface area (TPSA) is 85.2 Å². The fourth-order valence-corrected chi connectivity index (χ4v) is 4.86. The standard InChI is InChI=1S/C27H28N4O3S/c1-17-13-18(2)26(19(3)14-17)30-24(32)15-28-25(33)16-35-27-29-22-7-5-6-8-23(22)31(27)20-9-11-21(34-4)12-10-20/h5-14H,15-16H2,1-4H3,(H,28,33)(H,30,32). The number of methoxy groups -OCH3 is 1. The van der Waals surface area contributed by atoms with E-state index >= 15 is 0 Å². The molecule has 1 aromatic heterocycles.